The summed E-state index contributed by atoms with van der Waals surface area (Å²) in [7, 11) is 1.66. The SMILES string of the molecule is C[C@@H](CCCN1C(=O)c2ccccc2C1=O)N(C)C(=O)NCc1cccc(F)c1Cl. The van der Waals surface area contributed by atoms with Crippen molar-refractivity contribution in [3.05, 3.63) is 70.0 Å². The summed E-state index contributed by atoms with van der Waals surface area (Å²) in [6, 6.07) is 10.8. The van der Waals surface area contributed by atoms with Crippen LogP contribution >= 0.6 is 11.6 Å². The van der Waals surface area contributed by atoms with Crippen molar-refractivity contribution >= 4 is 29.4 Å². The number of imide groups is 1. The maximum atomic E-state index is 13.5. The van der Waals surface area contributed by atoms with Crippen LogP contribution in [0.3, 0.4) is 0 Å². The fourth-order valence-corrected chi connectivity index (χ4v) is 3.55. The predicted molar refractivity (Wildman–Crippen MR) is 112 cm³/mol. The topological polar surface area (TPSA) is 69.7 Å². The average Bonchev–Trinajstić information content (AvgIpc) is 2.99. The van der Waals surface area contributed by atoms with Gasteiger partial charge < -0.3 is 10.2 Å². The predicted octanol–water partition coefficient (Wildman–Crippen LogP) is 4.09. The Morgan fingerprint density at radius 3 is 2.40 bits per heavy atom. The summed E-state index contributed by atoms with van der Waals surface area (Å²) in [5, 5.41) is 2.72. The third-order valence-electron chi connectivity index (χ3n) is 5.32. The minimum atomic E-state index is -0.529. The number of urea groups is 1. The first-order chi connectivity index (χ1) is 14.3. The molecule has 0 spiro atoms. The molecule has 0 fully saturated rings. The molecule has 1 atom stereocenters. The minimum Gasteiger partial charge on any atom is -0.334 e. The van der Waals surface area contributed by atoms with Crippen LogP contribution in [0.25, 0.3) is 0 Å². The quantitative estimate of drug-likeness (QED) is 0.671. The van der Waals surface area contributed by atoms with Crippen molar-refractivity contribution in [3.63, 3.8) is 0 Å². The molecule has 1 aliphatic heterocycles. The summed E-state index contributed by atoms with van der Waals surface area (Å²) in [5.74, 6) is -1.08. The first-order valence-corrected chi connectivity index (χ1v) is 10.1. The van der Waals surface area contributed by atoms with Gasteiger partial charge in [-0.1, -0.05) is 35.9 Å². The highest BCUT2D eigenvalue weighted by Gasteiger charge is 2.34. The second-order valence-corrected chi connectivity index (χ2v) is 7.66. The smallest absolute Gasteiger partial charge is 0.317 e. The molecule has 30 heavy (non-hydrogen) atoms. The second kappa shape index (κ2) is 9.26. The normalized spacial score (nSPS) is 13.9. The van der Waals surface area contributed by atoms with Gasteiger partial charge in [0.1, 0.15) is 5.82 Å². The maximum absolute atomic E-state index is 13.5. The lowest BCUT2D eigenvalue weighted by molar-refractivity contribution is 0.0648. The summed E-state index contributed by atoms with van der Waals surface area (Å²) in [5.41, 5.74) is 1.36. The lowest BCUT2D eigenvalue weighted by Crippen LogP contribution is -2.42. The monoisotopic (exact) mass is 431 g/mol. The molecule has 0 aromatic heterocycles. The van der Waals surface area contributed by atoms with Gasteiger partial charge in [-0.25, -0.2) is 9.18 Å². The standard InChI is InChI=1S/C22H23ClFN3O3/c1-14(26(2)22(30)25-13-15-8-5-11-18(24)19(15)23)7-6-12-27-20(28)16-9-3-4-10-17(16)21(27)29/h3-5,8-11,14H,6-7,12-13H2,1-2H3,(H,25,30)/t14-/m0/s1. The van der Waals surface area contributed by atoms with E-state index in [1.54, 1.807) is 37.4 Å². The summed E-state index contributed by atoms with van der Waals surface area (Å²) in [6.45, 7) is 2.30. The number of nitrogens with one attached hydrogen (secondary N) is 1. The summed E-state index contributed by atoms with van der Waals surface area (Å²) < 4.78 is 13.5. The number of hydrogen-bond acceptors (Lipinski definition) is 3. The van der Waals surface area contributed by atoms with E-state index in [9.17, 15) is 18.8 Å². The number of carbonyl (C=O) groups excluding carboxylic acids is 3. The number of benzene rings is 2. The zero-order chi connectivity index (χ0) is 21.8. The van der Waals surface area contributed by atoms with Crippen molar-refractivity contribution in [2.45, 2.75) is 32.4 Å². The van der Waals surface area contributed by atoms with Gasteiger partial charge in [-0.2, -0.15) is 0 Å². The molecule has 158 valence electrons. The molecule has 0 saturated heterocycles. The van der Waals surface area contributed by atoms with Gasteiger partial charge in [0.2, 0.25) is 0 Å². The molecular formula is C22H23ClFN3O3. The van der Waals surface area contributed by atoms with E-state index in [0.29, 0.717) is 36.1 Å². The molecule has 8 heteroatoms. The van der Waals surface area contributed by atoms with Gasteiger partial charge in [0, 0.05) is 26.2 Å². The Labute approximate surface area is 179 Å². The fourth-order valence-electron chi connectivity index (χ4n) is 3.36. The number of amides is 4. The van der Waals surface area contributed by atoms with Crippen LogP contribution in [0.1, 0.15) is 46.0 Å². The largest absolute Gasteiger partial charge is 0.334 e. The number of carbonyl (C=O) groups is 3. The molecule has 2 aromatic rings. The molecule has 2 aromatic carbocycles. The number of halogens is 2. The second-order valence-electron chi connectivity index (χ2n) is 7.28. The Morgan fingerprint density at radius 2 is 1.77 bits per heavy atom. The van der Waals surface area contributed by atoms with Gasteiger partial charge in [0.25, 0.3) is 11.8 Å². The Balaban J connectivity index is 1.47. The van der Waals surface area contributed by atoms with Gasteiger partial charge >= 0.3 is 6.03 Å². The Kier molecular flexibility index (Phi) is 6.72. The van der Waals surface area contributed by atoms with E-state index >= 15 is 0 Å². The van der Waals surface area contributed by atoms with E-state index in [2.05, 4.69) is 5.32 Å². The van der Waals surface area contributed by atoms with Gasteiger partial charge in [-0.15, -0.1) is 0 Å². The maximum Gasteiger partial charge on any atom is 0.317 e. The van der Waals surface area contributed by atoms with E-state index in [1.165, 1.54) is 21.9 Å². The third-order valence-corrected chi connectivity index (χ3v) is 5.75. The lowest BCUT2D eigenvalue weighted by Gasteiger charge is -2.26. The zero-order valence-corrected chi connectivity index (χ0v) is 17.6. The van der Waals surface area contributed by atoms with Crippen LogP contribution in [0.15, 0.2) is 42.5 Å². The highest BCUT2D eigenvalue weighted by Crippen LogP contribution is 2.23. The summed E-state index contributed by atoms with van der Waals surface area (Å²) in [6.07, 6.45) is 1.18. The van der Waals surface area contributed by atoms with E-state index in [4.69, 9.17) is 11.6 Å². The zero-order valence-electron chi connectivity index (χ0n) is 16.8. The molecule has 1 N–H and O–H groups in total. The van der Waals surface area contributed by atoms with Crippen molar-refractivity contribution in [1.29, 1.82) is 0 Å². The van der Waals surface area contributed by atoms with Crippen LogP contribution < -0.4 is 5.32 Å². The van der Waals surface area contributed by atoms with E-state index in [1.807, 2.05) is 6.92 Å². The van der Waals surface area contributed by atoms with E-state index < -0.39 is 5.82 Å². The van der Waals surface area contributed by atoms with E-state index in [-0.39, 0.29) is 35.5 Å². The first kappa shape index (κ1) is 21.8. The first-order valence-electron chi connectivity index (χ1n) is 9.70. The molecule has 0 radical (unpaired) electrons. The van der Waals surface area contributed by atoms with Crippen LogP contribution in [0.5, 0.6) is 0 Å². The lowest BCUT2D eigenvalue weighted by atomic mass is 10.1. The summed E-state index contributed by atoms with van der Waals surface area (Å²) in [4.78, 5) is 40.0. The number of hydrogen-bond donors (Lipinski definition) is 1. The van der Waals surface area contributed by atoms with Crippen molar-refractivity contribution in [2.24, 2.45) is 0 Å². The Morgan fingerprint density at radius 1 is 1.13 bits per heavy atom. The molecule has 1 heterocycles. The van der Waals surface area contributed by atoms with Gasteiger partial charge in [-0.05, 0) is 43.5 Å². The van der Waals surface area contributed by atoms with Crippen LogP contribution in [0.4, 0.5) is 9.18 Å². The molecule has 0 saturated carbocycles. The van der Waals surface area contributed by atoms with Crippen LogP contribution in [-0.4, -0.2) is 47.3 Å². The highest BCUT2D eigenvalue weighted by molar-refractivity contribution is 6.31. The number of nitrogens with zero attached hydrogens (tertiary/aromatic N) is 2. The molecule has 0 unspecified atom stereocenters. The molecule has 4 amide bonds. The van der Waals surface area contributed by atoms with Gasteiger partial charge in [0.05, 0.1) is 16.1 Å². The van der Waals surface area contributed by atoms with Crippen molar-refractivity contribution in [2.75, 3.05) is 13.6 Å². The average molecular weight is 432 g/mol. The highest BCUT2D eigenvalue weighted by atomic mass is 35.5. The van der Waals surface area contributed by atoms with Gasteiger partial charge in [0.15, 0.2) is 0 Å². The number of fused-ring (bicyclic) bond motifs is 1. The molecular weight excluding hydrogens is 409 g/mol. The van der Waals surface area contributed by atoms with Crippen molar-refractivity contribution in [1.82, 2.24) is 15.1 Å². The summed E-state index contributed by atoms with van der Waals surface area (Å²) >= 11 is 5.91. The van der Waals surface area contributed by atoms with Gasteiger partial charge in [-0.3, -0.25) is 14.5 Å². The van der Waals surface area contributed by atoms with Crippen molar-refractivity contribution < 1.29 is 18.8 Å². The van der Waals surface area contributed by atoms with Crippen molar-refractivity contribution in [3.8, 4) is 0 Å². The molecule has 6 nitrogen and oxygen atoms in total. The molecule has 0 aliphatic carbocycles. The van der Waals surface area contributed by atoms with Crippen LogP contribution in [0.2, 0.25) is 5.02 Å². The third kappa shape index (κ3) is 4.46. The molecule has 0 bridgehead atoms. The molecule has 1 aliphatic rings. The minimum absolute atomic E-state index is 0.00514. The van der Waals surface area contributed by atoms with Crippen LogP contribution in [0, 0.1) is 5.82 Å². The number of rotatable bonds is 7. The van der Waals surface area contributed by atoms with Crippen LogP contribution in [-0.2, 0) is 6.54 Å². The Bertz CT molecular complexity index is 947. The Hall–Kier alpha value is -2.93. The fraction of sp³-hybridized carbons (Fsp3) is 0.318. The molecule has 3 rings (SSSR count). The van der Waals surface area contributed by atoms with E-state index in [0.717, 1.165) is 0 Å².